The first-order valence-electron chi connectivity index (χ1n) is 5.81. The Hall–Kier alpha value is -1.26. The zero-order chi connectivity index (χ0) is 12.0. The van der Waals surface area contributed by atoms with Gasteiger partial charge in [-0.15, -0.1) is 0 Å². The van der Waals surface area contributed by atoms with E-state index in [1.54, 1.807) is 0 Å². The van der Waals surface area contributed by atoms with Crippen LogP contribution < -0.4 is 11.1 Å². The molecule has 0 aromatic heterocycles. The van der Waals surface area contributed by atoms with E-state index in [0.717, 1.165) is 19.3 Å². The highest BCUT2D eigenvalue weighted by molar-refractivity contribution is 5.80. The fourth-order valence-corrected chi connectivity index (χ4v) is 1.15. The molecule has 1 aliphatic carbocycles. The van der Waals surface area contributed by atoms with Crippen molar-refractivity contribution in [2.24, 2.45) is 16.8 Å². The monoisotopic (exact) mass is 227 g/mol. The fraction of sp³-hybridized carbons (Fsp3) is 0.818. The van der Waals surface area contributed by atoms with E-state index in [0.29, 0.717) is 24.2 Å². The van der Waals surface area contributed by atoms with Gasteiger partial charge in [0.05, 0.1) is 0 Å². The highest BCUT2D eigenvalue weighted by atomic mass is 16.6. The Bertz CT molecular complexity index is 260. The van der Waals surface area contributed by atoms with Crippen LogP contribution >= 0.6 is 0 Å². The third-order valence-corrected chi connectivity index (χ3v) is 2.30. The van der Waals surface area contributed by atoms with E-state index in [2.05, 4.69) is 24.3 Å². The smallest absolute Gasteiger partial charge is 0.260 e. The summed E-state index contributed by atoms with van der Waals surface area (Å²) in [4.78, 5) is 16.1. The van der Waals surface area contributed by atoms with Crippen LogP contribution in [0.5, 0.6) is 0 Å². The molecule has 0 bridgehead atoms. The van der Waals surface area contributed by atoms with Gasteiger partial charge in [0.15, 0.2) is 6.61 Å². The van der Waals surface area contributed by atoms with Gasteiger partial charge in [0, 0.05) is 12.5 Å². The van der Waals surface area contributed by atoms with Gasteiger partial charge in [0.1, 0.15) is 5.84 Å². The molecule has 0 aromatic rings. The maximum absolute atomic E-state index is 11.2. The molecule has 0 radical (unpaired) electrons. The lowest BCUT2D eigenvalue weighted by Gasteiger charge is -2.04. The van der Waals surface area contributed by atoms with Gasteiger partial charge in [-0.25, -0.2) is 0 Å². The Morgan fingerprint density at radius 2 is 2.25 bits per heavy atom. The first kappa shape index (κ1) is 12.8. The van der Waals surface area contributed by atoms with Crippen molar-refractivity contribution in [3.63, 3.8) is 0 Å². The molecule has 0 aliphatic heterocycles. The predicted octanol–water partition coefficient (Wildman–Crippen LogP) is 0.990. The van der Waals surface area contributed by atoms with E-state index < -0.39 is 0 Å². The summed E-state index contributed by atoms with van der Waals surface area (Å²) in [5.41, 5.74) is 5.62. The van der Waals surface area contributed by atoms with Crippen molar-refractivity contribution in [1.82, 2.24) is 5.32 Å². The van der Waals surface area contributed by atoms with Crippen LogP contribution in [0.3, 0.4) is 0 Å². The van der Waals surface area contributed by atoms with Crippen LogP contribution in [0.2, 0.25) is 0 Å². The molecule has 0 atom stereocenters. The van der Waals surface area contributed by atoms with Gasteiger partial charge >= 0.3 is 0 Å². The van der Waals surface area contributed by atoms with Gasteiger partial charge in [0.25, 0.3) is 5.91 Å². The van der Waals surface area contributed by atoms with Gasteiger partial charge in [0.2, 0.25) is 0 Å². The second-order valence-corrected chi connectivity index (χ2v) is 4.63. The summed E-state index contributed by atoms with van der Waals surface area (Å²) >= 11 is 0. The van der Waals surface area contributed by atoms with E-state index in [9.17, 15) is 4.79 Å². The molecule has 1 amide bonds. The standard InChI is InChI=1S/C11H21N3O2/c1-8(2)3-6-10(12)14-16-7-11(15)13-9-4-5-9/h8-9H,3-7H2,1-2H3,(H2,12,14)(H,13,15). The Morgan fingerprint density at radius 3 is 2.81 bits per heavy atom. The van der Waals surface area contributed by atoms with Crippen molar-refractivity contribution in [3.05, 3.63) is 0 Å². The molecule has 0 aromatic carbocycles. The van der Waals surface area contributed by atoms with Gasteiger partial charge in [-0.05, 0) is 25.2 Å². The summed E-state index contributed by atoms with van der Waals surface area (Å²) < 4.78 is 0. The molecule has 0 spiro atoms. The molecule has 1 saturated carbocycles. The topological polar surface area (TPSA) is 76.7 Å². The van der Waals surface area contributed by atoms with E-state index >= 15 is 0 Å². The van der Waals surface area contributed by atoms with Gasteiger partial charge in [-0.3, -0.25) is 4.79 Å². The molecular weight excluding hydrogens is 206 g/mol. The number of hydrogen-bond acceptors (Lipinski definition) is 3. The number of rotatable bonds is 7. The molecule has 0 unspecified atom stereocenters. The Morgan fingerprint density at radius 1 is 1.56 bits per heavy atom. The normalized spacial score (nSPS) is 16.3. The van der Waals surface area contributed by atoms with E-state index in [4.69, 9.17) is 10.6 Å². The van der Waals surface area contributed by atoms with Crippen molar-refractivity contribution in [1.29, 1.82) is 0 Å². The fourth-order valence-electron chi connectivity index (χ4n) is 1.15. The molecule has 0 heterocycles. The van der Waals surface area contributed by atoms with Crippen molar-refractivity contribution >= 4 is 11.7 Å². The number of nitrogens with zero attached hydrogens (tertiary/aromatic N) is 1. The Balaban J connectivity index is 2.06. The van der Waals surface area contributed by atoms with Crippen LogP contribution in [-0.4, -0.2) is 24.4 Å². The third-order valence-electron chi connectivity index (χ3n) is 2.30. The molecule has 1 fully saturated rings. The molecule has 0 saturated heterocycles. The van der Waals surface area contributed by atoms with Crippen LogP contribution in [0.4, 0.5) is 0 Å². The lowest BCUT2D eigenvalue weighted by Crippen LogP contribution is -2.29. The highest BCUT2D eigenvalue weighted by Gasteiger charge is 2.23. The van der Waals surface area contributed by atoms with Crippen molar-refractivity contribution in [2.45, 2.75) is 45.6 Å². The molecule has 16 heavy (non-hydrogen) atoms. The summed E-state index contributed by atoms with van der Waals surface area (Å²) in [6, 6.07) is 0.360. The van der Waals surface area contributed by atoms with E-state index in [-0.39, 0.29) is 12.5 Å². The SMILES string of the molecule is CC(C)CC/C(N)=N/OCC(=O)NC1CC1. The maximum Gasteiger partial charge on any atom is 0.260 e. The molecular formula is C11H21N3O2. The molecule has 92 valence electrons. The number of amidine groups is 1. The number of carbonyl (C=O) groups is 1. The first-order valence-corrected chi connectivity index (χ1v) is 5.81. The minimum absolute atomic E-state index is 0.0428. The summed E-state index contributed by atoms with van der Waals surface area (Å²) in [6.07, 6.45) is 3.84. The van der Waals surface area contributed by atoms with Crippen LogP contribution in [-0.2, 0) is 9.63 Å². The molecule has 5 nitrogen and oxygen atoms in total. The molecule has 5 heteroatoms. The zero-order valence-corrected chi connectivity index (χ0v) is 10.0. The minimum Gasteiger partial charge on any atom is -0.384 e. The maximum atomic E-state index is 11.2. The highest BCUT2D eigenvalue weighted by Crippen LogP contribution is 2.18. The summed E-state index contributed by atoms with van der Waals surface area (Å²) in [5, 5.41) is 6.50. The zero-order valence-electron chi connectivity index (χ0n) is 10.0. The lowest BCUT2D eigenvalue weighted by molar-refractivity contribution is -0.125. The largest absolute Gasteiger partial charge is 0.384 e. The number of hydrogen-bond donors (Lipinski definition) is 2. The molecule has 1 rings (SSSR count). The molecule has 1 aliphatic rings. The lowest BCUT2D eigenvalue weighted by atomic mass is 10.1. The Labute approximate surface area is 96.4 Å². The van der Waals surface area contributed by atoms with Crippen molar-refractivity contribution < 1.29 is 9.63 Å². The second kappa shape index (κ2) is 6.35. The summed E-state index contributed by atoms with van der Waals surface area (Å²) in [5.74, 6) is 0.919. The van der Waals surface area contributed by atoms with Gasteiger partial charge in [-0.2, -0.15) is 0 Å². The van der Waals surface area contributed by atoms with Crippen LogP contribution in [0.15, 0.2) is 5.16 Å². The number of nitrogens with two attached hydrogens (primary N) is 1. The van der Waals surface area contributed by atoms with Crippen molar-refractivity contribution in [3.8, 4) is 0 Å². The van der Waals surface area contributed by atoms with Crippen LogP contribution in [0, 0.1) is 5.92 Å². The number of carbonyl (C=O) groups excluding carboxylic acids is 1. The number of nitrogens with one attached hydrogen (secondary N) is 1. The summed E-state index contributed by atoms with van der Waals surface area (Å²) in [7, 11) is 0. The third kappa shape index (κ3) is 6.27. The Kier molecular flexibility index (Phi) is 5.08. The average molecular weight is 227 g/mol. The average Bonchev–Trinajstić information content (AvgIpc) is 2.98. The number of oxime groups is 1. The van der Waals surface area contributed by atoms with Crippen molar-refractivity contribution in [2.75, 3.05) is 6.61 Å². The first-order chi connectivity index (χ1) is 7.58. The number of amides is 1. The summed E-state index contributed by atoms with van der Waals surface area (Å²) in [6.45, 7) is 4.20. The van der Waals surface area contributed by atoms with Crippen LogP contribution in [0.1, 0.15) is 39.5 Å². The molecule has 3 N–H and O–H groups in total. The van der Waals surface area contributed by atoms with E-state index in [1.807, 2.05) is 0 Å². The van der Waals surface area contributed by atoms with Crippen LogP contribution in [0.25, 0.3) is 0 Å². The quantitative estimate of drug-likeness (QED) is 0.387. The van der Waals surface area contributed by atoms with Gasteiger partial charge < -0.3 is 15.9 Å². The van der Waals surface area contributed by atoms with E-state index in [1.165, 1.54) is 0 Å². The second-order valence-electron chi connectivity index (χ2n) is 4.63. The van der Waals surface area contributed by atoms with Gasteiger partial charge in [-0.1, -0.05) is 19.0 Å². The minimum atomic E-state index is -0.122. The predicted molar refractivity (Wildman–Crippen MR) is 62.8 cm³/mol.